The van der Waals surface area contributed by atoms with Gasteiger partial charge in [0.15, 0.2) is 11.6 Å². The van der Waals surface area contributed by atoms with Gasteiger partial charge in [0.25, 0.3) is 0 Å². The van der Waals surface area contributed by atoms with Crippen LogP contribution in [0.5, 0.6) is 5.75 Å². The molecular weight excluding hydrogens is 509 g/mol. The molecule has 8 heteroatoms. The summed E-state index contributed by atoms with van der Waals surface area (Å²) < 4.78 is 98.3. The highest BCUT2D eigenvalue weighted by molar-refractivity contribution is 5.72. The SMILES string of the molecule is CC.CCCC1CCC(c2ccc(-c3cc(F)c(-c4cc(F)c(OC(F)(F)F)c(F)c4)c(F)c3)cc2)CC1. The van der Waals surface area contributed by atoms with Crippen molar-refractivity contribution in [3.8, 4) is 28.0 Å². The summed E-state index contributed by atoms with van der Waals surface area (Å²) in [7, 11) is 0. The minimum Gasteiger partial charge on any atom is -0.399 e. The Labute approximate surface area is 218 Å². The molecule has 1 saturated carbocycles. The van der Waals surface area contributed by atoms with Gasteiger partial charge in [0.1, 0.15) is 11.6 Å². The summed E-state index contributed by atoms with van der Waals surface area (Å²) in [5.74, 6) is -6.13. The summed E-state index contributed by atoms with van der Waals surface area (Å²) in [6.07, 6.45) is 1.74. The maximum Gasteiger partial charge on any atom is 0.573 e. The summed E-state index contributed by atoms with van der Waals surface area (Å²) >= 11 is 0. The lowest BCUT2D eigenvalue weighted by Crippen LogP contribution is -2.19. The van der Waals surface area contributed by atoms with E-state index in [9.17, 15) is 30.7 Å². The minimum absolute atomic E-state index is 0.227. The Bertz CT molecular complexity index is 1160. The molecule has 0 unspecified atom stereocenters. The third-order valence-corrected chi connectivity index (χ3v) is 6.81. The Balaban J connectivity index is 0.00000195. The van der Waals surface area contributed by atoms with Gasteiger partial charge in [-0.3, -0.25) is 0 Å². The largest absolute Gasteiger partial charge is 0.573 e. The molecule has 0 amide bonds. The lowest BCUT2D eigenvalue weighted by atomic mass is 9.77. The van der Waals surface area contributed by atoms with Crippen LogP contribution in [0.3, 0.4) is 0 Å². The Morgan fingerprint density at radius 3 is 1.68 bits per heavy atom. The molecule has 1 aliphatic carbocycles. The van der Waals surface area contributed by atoms with Crippen molar-refractivity contribution in [3.63, 3.8) is 0 Å². The van der Waals surface area contributed by atoms with Crippen LogP contribution in [-0.2, 0) is 0 Å². The molecule has 1 fully saturated rings. The molecule has 0 atom stereocenters. The van der Waals surface area contributed by atoms with Gasteiger partial charge in [0.05, 0.1) is 5.56 Å². The molecule has 3 aromatic carbocycles. The van der Waals surface area contributed by atoms with Crippen LogP contribution in [0, 0.1) is 29.2 Å². The molecule has 1 aliphatic rings. The van der Waals surface area contributed by atoms with Crippen molar-refractivity contribution in [1.82, 2.24) is 0 Å². The normalized spacial score (nSPS) is 17.5. The van der Waals surface area contributed by atoms with Crippen LogP contribution in [0.1, 0.15) is 70.8 Å². The molecular formula is C30H31F7O. The fraction of sp³-hybridized carbons (Fsp3) is 0.400. The first-order chi connectivity index (χ1) is 18.1. The average molecular weight is 541 g/mol. The highest BCUT2D eigenvalue weighted by Gasteiger charge is 2.34. The maximum absolute atomic E-state index is 14.9. The third kappa shape index (κ3) is 7.08. The van der Waals surface area contributed by atoms with Crippen LogP contribution in [0.2, 0.25) is 0 Å². The fourth-order valence-corrected chi connectivity index (χ4v) is 5.07. The molecule has 3 aromatic rings. The van der Waals surface area contributed by atoms with Crippen molar-refractivity contribution in [1.29, 1.82) is 0 Å². The van der Waals surface area contributed by atoms with E-state index in [1.807, 2.05) is 26.0 Å². The van der Waals surface area contributed by atoms with Crippen molar-refractivity contribution in [2.45, 2.75) is 71.6 Å². The highest BCUT2D eigenvalue weighted by Crippen LogP contribution is 2.39. The molecule has 4 rings (SSSR count). The summed E-state index contributed by atoms with van der Waals surface area (Å²) in [5, 5.41) is 0. The summed E-state index contributed by atoms with van der Waals surface area (Å²) in [5.41, 5.74) is 0.628. The van der Waals surface area contributed by atoms with Gasteiger partial charge in [0.2, 0.25) is 5.75 Å². The van der Waals surface area contributed by atoms with E-state index in [1.54, 1.807) is 12.1 Å². The average Bonchev–Trinajstić information content (AvgIpc) is 2.87. The zero-order chi connectivity index (χ0) is 28.0. The molecule has 1 nitrogen and oxygen atoms in total. The molecule has 0 heterocycles. The van der Waals surface area contributed by atoms with Crippen molar-refractivity contribution in [3.05, 3.63) is 77.4 Å². The van der Waals surface area contributed by atoms with Crippen LogP contribution < -0.4 is 4.74 Å². The number of hydrogen-bond donors (Lipinski definition) is 0. The quantitative estimate of drug-likeness (QED) is 0.283. The number of ether oxygens (including phenoxy) is 1. The molecule has 0 bridgehead atoms. The number of benzene rings is 3. The molecule has 206 valence electrons. The molecule has 0 saturated heterocycles. The second-order valence-corrected chi connectivity index (χ2v) is 9.26. The van der Waals surface area contributed by atoms with Crippen molar-refractivity contribution < 1.29 is 35.5 Å². The maximum atomic E-state index is 14.9. The second-order valence-electron chi connectivity index (χ2n) is 9.26. The molecule has 0 spiro atoms. The number of halogens is 7. The van der Waals surface area contributed by atoms with E-state index in [-0.39, 0.29) is 5.56 Å². The summed E-state index contributed by atoms with van der Waals surface area (Å²) in [6, 6.07) is 10.3. The predicted molar refractivity (Wildman–Crippen MR) is 135 cm³/mol. The van der Waals surface area contributed by atoms with Gasteiger partial charge in [0, 0.05) is 0 Å². The van der Waals surface area contributed by atoms with Crippen LogP contribution in [0.15, 0.2) is 48.5 Å². The smallest absolute Gasteiger partial charge is 0.399 e. The third-order valence-electron chi connectivity index (χ3n) is 6.81. The Hall–Kier alpha value is -3.03. The van der Waals surface area contributed by atoms with Crippen LogP contribution in [0.4, 0.5) is 30.7 Å². The van der Waals surface area contributed by atoms with E-state index in [0.717, 1.165) is 30.9 Å². The molecule has 0 aliphatic heterocycles. The van der Waals surface area contributed by atoms with E-state index < -0.39 is 46.5 Å². The molecule has 38 heavy (non-hydrogen) atoms. The predicted octanol–water partition coefficient (Wildman–Crippen LogP) is 10.6. The van der Waals surface area contributed by atoms with E-state index in [2.05, 4.69) is 11.7 Å². The Morgan fingerprint density at radius 1 is 0.711 bits per heavy atom. The fourth-order valence-electron chi connectivity index (χ4n) is 5.07. The van der Waals surface area contributed by atoms with E-state index in [4.69, 9.17) is 0 Å². The van der Waals surface area contributed by atoms with Crippen molar-refractivity contribution in [2.75, 3.05) is 0 Å². The standard InChI is InChI=1S/C28H25F7O.C2H6/c1-2-3-16-4-6-17(7-5-16)18-8-10-19(11-9-18)20-12-22(29)26(23(30)13-20)21-14-24(31)27(25(32)15-21)36-28(33,34)35;1-2/h8-17H,2-7H2,1H3;1-2H3. The monoisotopic (exact) mass is 540 g/mol. The first kappa shape index (κ1) is 29.5. The number of rotatable bonds is 6. The topological polar surface area (TPSA) is 9.23 Å². The van der Waals surface area contributed by atoms with Gasteiger partial charge < -0.3 is 4.74 Å². The summed E-state index contributed by atoms with van der Waals surface area (Å²) in [6.45, 7) is 6.20. The van der Waals surface area contributed by atoms with Gasteiger partial charge in [-0.1, -0.05) is 57.9 Å². The van der Waals surface area contributed by atoms with Crippen LogP contribution >= 0.6 is 0 Å². The lowest BCUT2D eigenvalue weighted by Gasteiger charge is -2.28. The van der Waals surface area contributed by atoms with E-state index in [0.29, 0.717) is 23.6 Å². The molecule has 0 radical (unpaired) electrons. The number of alkyl halides is 3. The van der Waals surface area contributed by atoms with Crippen molar-refractivity contribution >= 4 is 0 Å². The van der Waals surface area contributed by atoms with Crippen LogP contribution in [0.25, 0.3) is 22.3 Å². The van der Waals surface area contributed by atoms with Gasteiger partial charge in [-0.2, -0.15) is 0 Å². The van der Waals surface area contributed by atoms with Gasteiger partial charge in [-0.15, -0.1) is 13.2 Å². The lowest BCUT2D eigenvalue weighted by molar-refractivity contribution is -0.276. The van der Waals surface area contributed by atoms with Crippen molar-refractivity contribution in [2.24, 2.45) is 5.92 Å². The number of hydrogen-bond acceptors (Lipinski definition) is 1. The zero-order valence-electron chi connectivity index (χ0n) is 21.6. The van der Waals surface area contributed by atoms with E-state index in [1.165, 1.54) is 31.2 Å². The summed E-state index contributed by atoms with van der Waals surface area (Å²) in [4.78, 5) is 0. The van der Waals surface area contributed by atoms with Crippen LogP contribution in [-0.4, -0.2) is 6.36 Å². The molecule has 0 N–H and O–H groups in total. The first-order valence-corrected chi connectivity index (χ1v) is 12.9. The Morgan fingerprint density at radius 2 is 1.21 bits per heavy atom. The van der Waals surface area contributed by atoms with Gasteiger partial charge in [-0.25, -0.2) is 17.6 Å². The zero-order valence-corrected chi connectivity index (χ0v) is 21.6. The Kier molecular flexibility index (Phi) is 9.85. The van der Waals surface area contributed by atoms with E-state index >= 15 is 0 Å². The van der Waals surface area contributed by atoms with Gasteiger partial charge >= 0.3 is 6.36 Å². The second kappa shape index (κ2) is 12.7. The molecule has 0 aromatic heterocycles. The minimum atomic E-state index is -5.33. The highest BCUT2D eigenvalue weighted by atomic mass is 19.4. The first-order valence-electron chi connectivity index (χ1n) is 12.9. The van der Waals surface area contributed by atoms with Gasteiger partial charge in [-0.05, 0) is 84.0 Å².